The summed E-state index contributed by atoms with van der Waals surface area (Å²) in [6, 6.07) is 11.5. The quantitative estimate of drug-likeness (QED) is 0.216. The Kier molecular flexibility index (Phi) is 8.46. The van der Waals surface area contributed by atoms with Crippen LogP contribution in [-0.2, 0) is 9.59 Å². The molecular weight excluding hydrogens is 508 g/mol. The zero-order valence-corrected chi connectivity index (χ0v) is 21.0. The second kappa shape index (κ2) is 11.3. The van der Waals surface area contributed by atoms with Crippen molar-refractivity contribution in [2.24, 2.45) is 0 Å². The highest BCUT2D eigenvalue weighted by Gasteiger charge is 2.26. The van der Waals surface area contributed by atoms with Crippen molar-refractivity contribution in [3.63, 3.8) is 0 Å². The summed E-state index contributed by atoms with van der Waals surface area (Å²) in [6.45, 7) is 5.02. The summed E-state index contributed by atoms with van der Waals surface area (Å²) in [5.41, 5.74) is 1.81. The molecule has 7 nitrogen and oxygen atoms in total. The molecule has 0 unspecified atom stereocenters. The number of ether oxygens (including phenoxy) is 3. The Labute approximate surface area is 206 Å². The van der Waals surface area contributed by atoms with Crippen LogP contribution in [0.4, 0.5) is 0 Å². The van der Waals surface area contributed by atoms with Crippen molar-refractivity contribution in [1.82, 2.24) is 10.6 Å². The lowest BCUT2D eigenvalue weighted by atomic mass is 9.99. The average molecular weight is 533 g/mol. The van der Waals surface area contributed by atoms with Crippen molar-refractivity contribution in [3.05, 3.63) is 57.6 Å². The van der Waals surface area contributed by atoms with E-state index in [4.69, 9.17) is 26.4 Å². The van der Waals surface area contributed by atoms with Gasteiger partial charge in [-0.1, -0.05) is 26.0 Å². The van der Waals surface area contributed by atoms with Gasteiger partial charge in [-0.3, -0.25) is 20.2 Å². The molecule has 9 heteroatoms. The molecule has 1 aliphatic rings. The number of benzene rings is 2. The normalized spacial score (nSPS) is 14.3. The molecule has 1 fully saturated rings. The second-order valence-electron chi connectivity index (χ2n) is 7.40. The molecule has 1 saturated heterocycles. The van der Waals surface area contributed by atoms with Crippen LogP contribution in [0.5, 0.6) is 17.2 Å². The van der Waals surface area contributed by atoms with E-state index >= 15 is 0 Å². The molecule has 0 bridgehead atoms. The molecule has 2 aromatic carbocycles. The van der Waals surface area contributed by atoms with Crippen LogP contribution in [0, 0.1) is 0 Å². The van der Waals surface area contributed by atoms with Gasteiger partial charge in [0.05, 0.1) is 11.6 Å². The summed E-state index contributed by atoms with van der Waals surface area (Å²) in [4.78, 5) is 24.2. The van der Waals surface area contributed by atoms with Gasteiger partial charge in [0.1, 0.15) is 24.5 Å². The van der Waals surface area contributed by atoms with Gasteiger partial charge < -0.3 is 14.2 Å². The number of halogens is 1. The van der Waals surface area contributed by atoms with Gasteiger partial charge in [-0.2, -0.15) is 0 Å². The van der Waals surface area contributed by atoms with E-state index in [1.807, 2.05) is 12.1 Å². The lowest BCUT2D eigenvalue weighted by Crippen LogP contribution is -2.51. The van der Waals surface area contributed by atoms with Gasteiger partial charge in [-0.05, 0) is 82.0 Å². The number of carbonyl (C=O) groups excluding carboxylic acids is 2. The number of hydrogen-bond acceptors (Lipinski definition) is 6. The first-order valence-electron chi connectivity index (χ1n) is 10.4. The molecule has 0 spiro atoms. The van der Waals surface area contributed by atoms with E-state index in [1.165, 1.54) is 18.7 Å². The van der Waals surface area contributed by atoms with Crippen molar-refractivity contribution >= 4 is 51.2 Å². The lowest BCUT2D eigenvalue weighted by molar-refractivity contribution is -0.123. The summed E-state index contributed by atoms with van der Waals surface area (Å²) in [5, 5.41) is 4.79. The van der Waals surface area contributed by atoms with Gasteiger partial charge in [0, 0.05) is 0 Å². The van der Waals surface area contributed by atoms with Crippen LogP contribution in [0.1, 0.15) is 37.3 Å². The number of methoxy groups -OCH3 is 1. The summed E-state index contributed by atoms with van der Waals surface area (Å²) in [5.74, 6) is 1.12. The average Bonchev–Trinajstić information content (AvgIpc) is 2.79. The molecule has 0 radical (unpaired) electrons. The van der Waals surface area contributed by atoms with Crippen LogP contribution in [0.15, 0.2) is 46.4 Å². The minimum Gasteiger partial charge on any atom is -0.493 e. The first kappa shape index (κ1) is 24.7. The van der Waals surface area contributed by atoms with Gasteiger partial charge in [-0.15, -0.1) is 0 Å². The highest BCUT2D eigenvalue weighted by atomic mass is 79.9. The van der Waals surface area contributed by atoms with Gasteiger partial charge >= 0.3 is 0 Å². The van der Waals surface area contributed by atoms with E-state index < -0.39 is 11.8 Å². The topological polar surface area (TPSA) is 85.9 Å². The Morgan fingerprint density at radius 3 is 2.30 bits per heavy atom. The third-order valence-corrected chi connectivity index (χ3v) is 5.96. The predicted octanol–water partition coefficient (Wildman–Crippen LogP) is 4.34. The maximum Gasteiger partial charge on any atom is 0.263 e. The molecule has 1 aliphatic heterocycles. The first-order chi connectivity index (χ1) is 15.8. The lowest BCUT2D eigenvalue weighted by Gasteiger charge is -2.17. The van der Waals surface area contributed by atoms with Gasteiger partial charge in [0.2, 0.25) is 0 Å². The number of thiocarbonyl (C=S) groups is 1. The van der Waals surface area contributed by atoms with Crippen LogP contribution in [-0.4, -0.2) is 37.3 Å². The smallest absolute Gasteiger partial charge is 0.263 e. The van der Waals surface area contributed by atoms with Crippen molar-refractivity contribution in [1.29, 1.82) is 0 Å². The molecule has 33 heavy (non-hydrogen) atoms. The molecule has 1 heterocycles. The molecule has 0 saturated carbocycles. The van der Waals surface area contributed by atoms with Crippen LogP contribution in [0.25, 0.3) is 6.08 Å². The largest absolute Gasteiger partial charge is 0.493 e. The van der Waals surface area contributed by atoms with Gasteiger partial charge in [-0.25, -0.2) is 0 Å². The Morgan fingerprint density at radius 1 is 1.06 bits per heavy atom. The van der Waals surface area contributed by atoms with E-state index in [9.17, 15) is 9.59 Å². The summed E-state index contributed by atoms with van der Waals surface area (Å²) >= 11 is 8.28. The standard InChI is InChI=1S/C24H25BrN2O5S/c1-4-14(2)16-5-7-17(8-6-16)31-9-10-32-21-19(25)12-15(13-20(21)30-3)11-18-22(28)26-24(33)27-23(18)29/h5-8,11-14H,4,9-10H2,1-3H3,(H2,26,27,28,29,33)/t14-/m1/s1. The fourth-order valence-electron chi connectivity index (χ4n) is 3.17. The Bertz CT molecular complexity index is 1060. The molecule has 0 aliphatic carbocycles. The molecule has 2 aromatic rings. The second-order valence-corrected chi connectivity index (χ2v) is 8.67. The Balaban J connectivity index is 1.64. The summed E-state index contributed by atoms with van der Waals surface area (Å²) in [7, 11) is 1.51. The molecule has 2 N–H and O–H groups in total. The number of carbonyl (C=O) groups is 2. The molecule has 0 aromatic heterocycles. The highest BCUT2D eigenvalue weighted by Crippen LogP contribution is 2.37. The van der Waals surface area contributed by atoms with Crippen molar-refractivity contribution in [3.8, 4) is 17.2 Å². The number of rotatable bonds is 9. The van der Waals surface area contributed by atoms with Crippen LogP contribution >= 0.6 is 28.1 Å². The van der Waals surface area contributed by atoms with Crippen molar-refractivity contribution in [2.75, 3.05) is 20.3 Å². The molecule has 174 valence electrons. The van der Waals surface area contributed by atoms with Crippen LogP contribution in [0.3, 0.4) is 0 Å². The van der Waals surface area contributed by atoms with Gasteiger partial charge in [0.15, 0.2) is 16.6 Å². The van der Waals surface area contributed by atoms with Gasteiger partial charge in [0.25, 0.3) is 11.8 Å². The first-order valence-corrected chi connectivity index (χ1v) is 11.6. The Hall–Kier alpha value is -2.91. The maximum absolute atomic E-state index is 12.1. The number of hydrogen-bond donors (Lipinski definition) is 2. The molecule has 1 atom stereocenters. The third-order valence-electron chi connectivity index (χ3n) is 5.17. The van der Waals surface area contributed by atoms with E-state index in [0.717, 1.165) is 12.2 Å². The van der Waals surface area contributed by atoms with Crippen LogP contribution < -0.4 is 24.8 Å². The van der Waals surface area contributed by atoms with E-state index in [0.29, 0.717) is 40.7 Å². The highest BCUT2D eigenvalue weighted by molar-refractivity contribution is 9.10. The van der Waals surface area contributed by atoms with Crippen LogP contribution in [0.2, 0.25) is 0 Å². The predicted molar refractivity (Wildman–Crippen MR) is 134 cm³/mol. The SMILES string of the molecule is CC[C@@H](C)c1ccc(OCCOc2c(Br)cc(C=C3C(=O)NC(=S)NC3=O)cc2OC)cc1. The summed E-state index contributed by atoms with van der Waals surface area (Å²) in [6.07, 6.45) is 2.55. The van der Waals surface area contributed by atoms with E-state index in [-0.39, 0.29) is 10.7 Å². The maximum atomic E-state index is 12.1. The minimum atomic E-state index is -0.562. The third kappa shape index (κ3) is 6.33. The zero-order chi connectivity index (χ0) is 24.0. The number of nitrogens with one attached hydrogen (secondary N) is 2. The fraction of sp³-hybridized carbons (Fsp3) is 0.292. The fourth-order valence-corrected chi connectivity index (χ4v) is 3.93. The molecular formula is C24H25BrN2O5S. The zero-order valence-electron chi connectivity index (χ0n) is 18.6. The van der Waals surface area contributed by atoms with E-state index in [1.54, 1.807) is 12.1 Å². The van der Waals surface area contributed by atoms with Crippen molar-refractivity contribution < 1.29 is 23.8 Å². The molecule has 3 rings (SSSR count). The minimum absolute atomic E-state index is 0.0154. The number of amides is 2. The van der Waals surface area contributed by atoms with E-state index in [2.05, 4.69) is 52.5 Å². The van der Waals surface area contributed by atoms with Crippen molar-refractivity contribution in [2.45, 2.75) is 26.2 Å². The summed E-state index contributed by atoms with van der Waals surface area (Å²) < 4.78 is 17.7. The molecule has 2 amide bonds. The Morgan fingerprint density at radius 2 is 1.70 bits per heavy atom. The monoisotopic (exact) mass is 532 g/mol.